The van der Waals surface area contributed by atoms with Gasteiger partial charge in [-0.2, -0.15) is 0 Å². The van der Waals surface area contributed by atoms with Gasteiger partial charge in [-0.05, 0) is 13.8 Å². The van der Waals surface area contributed by atoms with E-state index in [1.54, 1.807) is 6.07 Å². The lowest BCUT2D eigenvalue weighted by Crippen LogP contribution is -2.25. The van der Waals surface area contributed by atoms with E-state index < -0.39 is 16.8 Å². The summed E-state index contributed by atoms with van der Waals surface area (Å²) in [6.45, 7) is 2.67. The van der Waals surface area contributed by atoms with Crippen molar-refractivity contribution in [1.82, 2.24) is 5.32 Å². The molecular formula is C13H14N2O5. The highest BCUT2D eigenvalue weighted by atomic mass is 16.6. The number of nitrogens with one attached hydrogen (secondary N) is 1. The van der Waals surface area contributed by atoms with Crippen LogP contribution in [0.25, 0.3) is 0 Å². The van der Waals surface area contributed by atoms with Crippen molar-refractivity contribution in [1.29, 1.82) is 0 Å². The Balaban J connectivity index is 2.83. The quantitative estimate of drug-likeness (QED) is 0.483. The minimum absolute atomic E-state index is 0.0414. The first-order valence-corrected chi connectivity index (χ1v) is 5.76. The highest BCUT2D eigenvalue weighted by Gasteiger charge is 2.15. The van der Waals surface area contributed by atoms with Crippen LogP contribution in [0, 0.1) is 10.1 Å². The molecular weight excluding hydrogens is 264 g/mol. The van der Waals surface area contributed by atoms with Crippen LogP contribution in [0.15, 0.2) is 35.4 Å². The first kappa shape index (κ1) is 15.4. The predicted molar refractivity (Wildman–Crippen MR) is 71.0 cm³/mol. The van der Waals surface area contributed by atoms with E-state index in [2.05, 4.69) is 5.32 Å². The minimum Gasteiger partial charge on any atom is -0.478 e. The number of carbonyl (C=O) groups is 2. The largest absolute Gasteiger partial charge is 0.478 e. The van der Waals surface area contributed by atoms with Gasteiger partial charge in [0.15, 0.2) is 0 Å². The van der Waals surface area contributed by atoms with Gasteiger partial charge in [0.05, 0.1) is 4.92 Å². The third kappa shape index (κ3) is 3.64. The van der Waals surface area contributed by atoms with Gasteiger partial charge in [-0.3, -0.25) is 14.9 Å². The van der Waals surface area contributed by atoms with Gasteiger partial charge in [-0.15, -0.1) is 0 Å². The summed E-state index contributed by atoms with van der Waals surface area (Å²) in [6.07, 6.45) is 0. The van der Waals surface area contributed by atoms with Gasteiger partial charge in [-0.1, -0.05) is 18.2 Å². The maximum absolute atomic E-state index is 11.7. The van der Waals surface area contributed by atoms with Crippen molar-refractivity contribution in [3.63, 3.8) is 0 Å². The number of hydrogen-bond donors (Lipinski definition) is 2. The van der Waals surface area contributed by atoms with Crippen LogP contribution in [-0.4, -0.2) is 21.9 Å². The Hall–Kier alpha value is -2.70. The number of rotatable bonds is 5. The molecule has 7 heteroatoms. The van der Waals surface area contributed by atoms with Gasteiger partial charge in [-0.25, -0.2) is 4.79 Å². The Bertz CT molecular complexity index is 592. The molecule has 7 nitrogen and oxygen atoms in total. The zero-order valence-electron chi connectivity index (χ0n) is 11.0. The number of carboxylic acids is 1. The van der Waals surface area contributed by atoms with Gasteiger partial charge in [0.1, 0.15) is 0 Å². The summed E-state index contributed by atoms with van der Waals surface area (Å²) < 4.78 is 0. The van der Waals surface area contributed by atoms with Crippen molar-refractivity contribution in [3.05, 3.63) is 51.1 Å². The number of nitro benzene ring substituents is 1. The van der Waals surface area contributed by atoms with Crippen molar-refractivity contribution in [3.8, 4) is 0 Å². The topological polar surface area (TPSA) is 110 Å². The van der Waals surface area contributed by atoms with Crippen LogP contribution in [0.1, 0.15) is 19.4 Å². The number of carboxylic acid groups (broad SMARTS) is 1. The zero-order valence-corrected chi connectivity index (χ0v) is 11.0. The molecule has 1 aromatic rings. The number of aliphatic carboxylic acids is 1. The van der Waals surface area contributed by atoms with Crippen LogP contribution >= 0.6 is 0 Å². The number of benzene rings is 1. The Morgan fingerprint density at radius 1 is 1.25 bits per heavy atom. The lowest BCUT2D eigenvalue weighted by atomic mass is 10.1. The molecule has 0 unspecified atom stereocenters. The van der Waals surface area contributed by atoms with Crippen molar-refractivity contribution in [2.24, 2.45) is 0 Å². The van der Waals surface area contributed by atoms with Crippen LogP contribution in [0.4, 0.5) is 5.69 Å². The molecule has 0 fully saturated rings. The fourth-order valence-electron chi connectivity index (χ4n) is 1.48. The third-order valence-electron chi connectivity index (χ3n) is 2.85. The predicted octanol–water partition coefficient (Wildman–Crippen LogP) is 1.63. The second kappa shape index (κ2) is 6.46. The van der Waals surface area contributed by atoms with Crippen molar-refractivity contribution >= 4 is 17.6 Å². The maximum Gasteiger partial charge on any atom is 0.331 e. The van der Waals surface area contributed by atoms with Crippen LogP contribution in [0.3, 0.4) is 0 Å². The lowest BCUT2D eigenvalue weighted by molar-refractivity contribution is -0.385. The molecule has 0 saturated heterocycles. The number of amides is 1. The molecule has 0 aromatic heterocycles. The highest BCUT2D eigenvalue weighted by molar-refractivity contribution is 6.01. The third-order valence-corrected chi connectivity index (χ3v) is 2.85. The molecule has 106 valence electrons. The number of hydrogen-bond acceptors (Lipinski definition) is 4. The fourth-order valence-corrected chi connectivity index (χ4v) is 1.48. The SMILES string of the molecule is CC(C(=O)O)=C(C)C(=O)NCc1ccccc1[N+](=O)[O-]. The molecule has 2 N–H and O–H groups in total. The monoisotopic (exact) mass is 278 g/mol. The standard InChI is InChI=1S/C13H14N2O5/c1-8(9(2)13(17)18)12(16)14-7-10-5-3-4-6-11(10)15(19)20/h3-6H,7H2,1-2H3,(H,14,16)(H,17,18). The molecule has 0 bridgehead atoms. The molecule has 0 heterocycles. The maximum atomic E-state index is 11.7. The van der Waals surface area contributed by atoms with E-state index in [0.717, 1.165) is 0 Å². The molecule has 0 aliphatic carbocycles. The van der Waals surface area contributed by atoms with E-state index in [1.807, 2.05) is 0 Å². The average molecular weight is 278 g/mol. The summed E-state index contributed by atoms with van der Waals surface area (Å²) >= 11 is 0. The van der Waals surface area contributed by atoms with E-state index in [0.29, 0.717) is 5.56 Å². The number of carbonyl (C=O) groups excluding carboxylic acids is 1. The van der Waals surface area contributed by atoms with E-state index in [4.69, 9.17) is 5.11 Å². The minimum atomic E-state index is -1.18. The molecule has 1 amide bonds. The first-order chi connectivity index (χ1) is 9.34. The second-order valence-electron chi connectivity index (χ2n) is 4.12. The number of para-hydroxylation sites is 1. The molecule has 0 saturated carbocycles. The molecule has 1 aromatic carbocycles. The molecule has 20 heavy (non-hydrogen) atoms. The summed E-state index contributed by atoms with van der Waals surface area (Å²) in [6, 6.07) is 6.02. The smallest absolute Gasteiger partial charge is 0.331 e. The van der Waals surface area contributed by atoms with Crippen LogP contribution < -0.4 is 5.32 Å². The van der Waals surface area contributed by atoms with E-state index in [9.17, 15) is 19.7 Å². The van der Waals surface area contributed by atoms with Crippen molar-refractivity contribution in [2.75, 3.05) is 0 Å². The number of nitrogens with zero attached hydrogens (tertiary/aromatic N) is 1. The Morgan fingerprint density at radius 3 is 2.40 bits per heavy atom. The Labute approximate surface area is 115 Å². The van der Waals surface area contributed by atoms with Gasteiger partial charge in [0, 0.05) is 29.3 Å². The summed E-state index contributed by atoms with van der Waals surface area (Å²) in [4.78, 5) is 32.7. The molecule has 0 aliphatic rings. The molecule has 1 rings (SSSR count). The normalized spacial score (nSPS) is 11.5. The van der Waals surface area contributed by atoms with Crippen LogP contribution in [0.2, 0.25) is 0 Å². The highest BCUT2D eigenvalue weighted by Crippen LogP contribution is 2.17. The Morgan fingerprint density at radius 2 is 1.85 bits per heavy atom. The molecule has 0 aliphatic heterocycles. The van der Waals surface area contributed by atoms with Crippen molar-refractivity contribution in [2.45, 2.75) is 20.4 Å². The van der Waals surface area contributed by atoms with Gasteiger partial charge in [0.25, 0.3) is 5.69 Å². The Kier molecular flexibility index (Phi) is 4.96. The van der Waals surface area contributed by atoms with E-state index in [1.165, 1.54) is 32.0 Å². The van der Waals surface area contributed by atoms with Gasteiger partial charge in [0.2, 0.25) is 5.91 Å². The summed E-state index contributed by atoms with van der Waals surface area (Å²) in [5.41, 5.74) is 0.261. The zero-order chi connectivity index (χ0) is 15.3. The van der Waals surface area contributed by atoms with Gasteiger partial charge >= 0.3 is 5.97 Å². The van der Waals surface area contributed by atoms with Crippen molar-refractivity contribution < 1.29 is 19.6 Å². The van der Waals surface area contributed by atoms with Crippen LogP contribution in [0.5, 0.6) is 0 Å². The van der Waals surface area contributed by atoms with Crippen LogP contribution in [-0.2, 0) is 16.1 Å². The first-order valence-electron chi connectivity index (χ1n) is 5.76. The summed E-state index contributed by atoms with van der Waals surface area (Å²) in [7, 11) is 0. The second-order valence-corrected chi connectivity index (χ2v) is 4.12. The lowest BCUT2D eigenvalue weighted by Gasteiger charge is -2.07. The fraction of sp³-hybridized carbons (Fsp3) is 0.231. The molecule has 0 atom stereocenters. The molecule has 0 radical (unpaired) electrons. The van der Waals surface area contributed by atoms with E-state index in [-0.39, 0.29) is 23.4 Å². The van der Waals surface area contributed by atoms with Gasteiger partial charge < -0.3 is 10.4 Å². The average Bonchev–Trinajstić information content (AvgIpc) is 2.43. The van der Waals surface area contributed by atoms with E-state index >= 15 is 0 Å². The summed E-state index contributed by atoms with van der Waals surface area (Å²) in [5, 5.41) is 22.0. The number of nitro groups is 1. The molecule has 0 spiro atoms. The summed E-state index contributed by atoms with van der Waals surface area (Å²) in [5.74, 6) is -1.74.